The third-order valence-corrected chi connectivity index (χ3v) is 4.43. The normalized spacial score (nSPS) is 10.6. The van der Waals surface area contributed by atoms with E-state index in [-0.39, 0.29) is 0 Å². The molecule has 0 aliphatic rings. The third kappa shape index (κ3) is 2.60. The van der Waals surface area contributed by atoms with Crippen molar-refractivity contribution in [3.63, 3.8) is 0 Å². The number of nitrogens with zero attached hydrogens (tertiary/aromatic N) is 2. The van der Waals surface area contributed by atoms with Gasteiger partial charge in [0, 0.05) is 27.9 Å². The van der Waals surface area contributed by atoms with Crippen molar-refractivity contribution in [2.24, 2.45) is 0 Å². The molecule has 0 fully saturated rings. The molecule has 2 N–H and O–H groups in total. The van der Waals surface area contributed by atoms with Gasteiger partial charge in [-0.3, -0.25) is 0 Å². The van der Waals surface area contributed by atoms with Gasteiger partial charge in [0.25, 0.3) is 0 Å². The molecule has 84 valence electrons. The number of thioether (sulfide) groups is 1. The maximum Gasteiger partial charge on any atom is 0.138 e. The highest BCUT2D eigenvalue weighted by atomic mass is 35.5. The van der Waals surface area contributed by atoms with Gasteiger partial charge in [0.1, 0.15) is 10.0 Å². The minimum atomic E-state index is 0.609. The summed E-state index contributed by atoms with van der Waals surface area (Å²) in [6.45, 7) is 0. The molecular weight excluding hydrogens is 285 g/mol. The molecule has 0 aliphatic heterocycles. The molecule has 0 unspecified atom stereocenters. The van der Waals surface area contributed by atoms with Crippen LogP contribution in [-0.4, -0.2) is 9.59 Å². The second-order valence-electron chi connectivity index (χ2n) is 2.94. The fourth-order valence-corrected chi connectivity index (χ4v) is 3.17. The molecule has 1 aromatic carbocycles. The zero-order chi connectivity index (χ0) is 11.5. The number of aromatic nitrogens is 2. The number of nitrogen functional groups attached to an aromatic ring is 1. The van der Waals surface area contributed by atoms with Gasteiger partial charge in [-0.15, -0.1) is 16.9 Å². The zero-order valence-corrected chi connectivity index (χ0v) is 11.1. The van der Waals surface area contributed by atoms with Crippen LogP contribution in [-0.2, 0) is 5.75 Å². The second-order valence-corrected chi connectivity index (χ2v) is 5.69. The molecule has 2 rings (SSSR count). The minimum Gasteiger partial charge on any atom is -0.398 e. The number of benzene rings is 1. The van der Waals surface area contributed by atoms with E-state index in [2.05, 4.69) is 9.59 Å². The van der Waals surface area contributed by atoms with Crippen LogP contribution >= 0.6 is 46.5 Å². The molecule has 0 saturated heterocycles. The van der Waals surface area contributed by atoms with Crippen LogP contribution in [0.3, 0.4) is 0 Å². The molecule has 2 aromatic rings. The molecule has 1 aromatic heterocycles. The highest BCUT2D eigenvalue weighted by Gasteiger charge is 2.09. The Morgan fingerprint density at radius 2 is 2.19 bits per heavy atom. The van der Waals surface area contributed by atoms with Gasteiger partial charge in [-0.1, -0.05) is 33.8 Å². The monoisotopic (exact) mass is 291 g/mol. The summed E-state index contributed by atoms with van der Waals surface area (Å²) in [6.07, 6.45) is 0. The Labute approximate surface area is 111 Å². The van der Waals surface area contributed by atoms with Crippen LogP contribution in [0.4, 0.5) is 5.69 Å². The van der Waals surface area contributed by atoms with Crippen LogP contribution < -0.4 is 5.73 Å². The molecular formula is C9H7Cl2N3S2. The number of halogens is 2. The number of hydrogen-bond acceptors (Lipinski definition) is 5. The van der Waals surface area contributed by atoms with Crippen LogP contribution in [0.25, 0.3) is 0 Å². The molecule has 0 atom stereocenters. The van der Waals surface area contributed by atoms with Gasteiger partial charge >= 0.3 is 0 Å². The van der Waals surface area contributed by atoms with E-state index in [9.17, 15) is 0 Å². The van der Waals surface area contributed by atoms with E-state index in [1.807, 2.05) is 12.1 Å². The van der Waals surface area contributed by atoms with Crippen molar-refractivity contribution >= 4 is 52.2 Å². The van der Waals surface area contributed by atoms with E-state index in [0.29, 0.717) is 20.8 Å². The molecule has 7 heteroatoms. The van der Waals surface area contributed by atoms with Gasteiger partial charge in [0.05, 0.1) is 5.02 Å². The van der Waals surface area contributed by atoms with Gasteiger partial charge in [0.15, 0.2) is 0 Å². The number of anilines is 1. The first kappa shape index (κ1) is 12.0. The van der Waals surface area contributed by atoms with E-state index in [0.717, 1.165) is 10.6 Å². The minimum absolute atomic E-state index is 0.609. The fourth-order valence-electron chi connectivity index (χ4n) is 1.10. The molecule has 0 bridgehead atoms. The van der Waals surface area contributed by atoms with Crippen molar-refractivity contribution in [3.05, 3.63) is 33.3 Å². The van der Waals surface area contributed by atoms with Crippen molar-refractivity contribution in [1.29, 1.82) is 0 Å². The lowest BCUT2D eigenvalue weighted by atomic mass is 10.3. The Hall–Kier alpha value is -0.490. The Kier molecular flexibility index (Phi) is 3.91. The lowest BCUT2D eigenvalue weighted by molar-refractivity contribution is 1.07. The second kappa shape index (κ2) is 5.23. The number of nitrogens with two attached hydrogens (primary N) is 1. The van der Waals surface area contributed by atoms with E-state index in [1.165, 1.54) is 23.3 Å². The van der Waals surface area contributed by atoms with Crippen LogP contribution in [0.1, 0.15) is 5.69 Å². The van der Waals surface area contributed by atoms with Gasteiger partial charge in [0.2, 0.25) is 0 Å². The van der Waals surface area contributed by atoms with Gasteiger partial charge in [-0.25, -0.2) is 0 Å². The average Bonchev–Trinajstić information content (AvgIpc) is 2.64. The van der Waals surface area contributed by atoms with Crippen molar-refractivity contribution in [2.45, 2.75) is 10.6 Å². The van der Waals surface area contributed by atoms with Gasteiger partial charge in [-0.05, 0) is 12.1 Å². The van der Waals surface area contributed by atoms with Crippen LogP contribution in [0.2, 0.25) is 9.36 Å². The predicted molar refractivity (Wildman–Crippen MR) is 70.3 cm³/mol. The standard InChI is InChI=1S/C9H7Cl2N3S2/c10-5-2-1-3-6(12)8(5)15-4-7-9(11)16-14-13-7/h1-3H,4,12H2. The first-order chi connectivity index (χ1) is 7.68. The smallest absolute Gasteiger partial charge is 0.138 e. The Morgan fingerprint density at radius 3 is 2.81 bits per heavy atom. The SMILES string of the molecule is Nc1cccc(Cl)c1SCc1nnsc1Cl. The highest BCUT2D eigenvalue weighted by molar-refractivity contribution is 7.98. The molecule has 0 radical (unpaired) electrons. The quantitative estimate of drug-likeness (QED) is 0.692. The molecule has 16 heavy (non-hydrogen) atoms. The molecule has 0 aliphatic carbocycles. The predicted octanol–water partition coefficient (Wildman–Crippen LogP) is 3.72. The van der Waals surface area contributed by atoms with Crippen LogP contribution in [0.5, 0.6) is 0 Å². The summed E-state index contributed by atoms with van der Waals surface area (Å²) < 4.78 is 4.37. The summed E-state index contributed by atoms with van der Waals surface area (Å²) in [5, 5.41) is 4.56. The van der Waals surface area contributed by atoms with Crippen molar-refractivity contribution in [2.75, 3.05) is 5.73 Å². The molecule has 0 spiro atoms. The van der Waals surface area contributed by atoms with E-state index in [4.69, 9.17) is 28.9 Å². The van der Waals surface area contributed by atoms with Crippen molar-refractivity contribution < 1.29 is 0 Å². The Bertz CT molecular complexity index is 481. The highest BCUT2D eigenvalue weighted by Crippen LogP contribution is 2.35. The van der Waals surface area contributed by atoms with Crippen LogP contribution in [0, 0.1) is 0 Å². The third-order valence-electron chi connectivity index (χ3n) is 1.86. The van der Waals surface area contributed by atoms with E-state index < -0.39 is 0 Å². The van der Waals surface area contributed by atoms with Crippen molar-refractivity contribution in [3.8, 4) is 0 Å². The number of rotatable bonds is 3. The first-order valence-corrected chi connectivity index (χ1v) is 6.83. The lowest BCUT2D eigenvalue weighted by Crippen LogP contribution is -1.90. The Balaban J connectivity index is 2.14. The summed E-state index contributed by atoms with van der Waals surface area (Å²) in [5.74, 6) is 0.614. The maximum atomic E-state index is 6.04. The summed E-state index contributed by atoms with van der Waals surface area (Å²) in [7, 11) is 0. The Morgan fingerprint density at radius 1 is 1.38 bits per heavy atom. The fraction of sp³-hybridized carbons (Fsp3) is 0.111. The van der Waals surface area contributed by atoms with Crippen LogP contribution in [0.15, 0.2) is 23.1 Å². The lowest BCUT2D eigenvalue weighted by Gasteiger charge is -2.05. The topological polar surface area (TPSA) is 51.8 Å². The largest absolute Gasteiger partial charge is 0.398 e. The average molecular weight is 292 g/mol. The molecule has 3 nitrogen and oxygen atoms in total. The summed E-state index contributed by atoms with van der Waals surface area (Å²) >= 11 is 14.6. The van der Waals surface area contributed by atoms with Gasteiger partial charge < -0.3 is 5.73 Å². The summed E-state index contributed by atoms with van der Waals surface area (Å²) in [4.78, 5) is 0.855. The molecule has 0 amide bonds. The zero-order valence-electron chi connectivity index (χ0n) is 7.98. The molecule has 1 heterocycles. The maximum absolute atomic E-state index is 6.04. The van der Waals surface area contributed by atoms with Gasteiger partial charge in [-0.2, -0.15) is 0 Å². The number of hydrogen-bond donors (Lipinski definition) is 1. The van der Waals surface area contributed by atoms with E-state index >= 15 is 0 Å². The van der Waals surface area contributed by atoms with E-state index in [1.54, 1.807) is 6.07 Å². The summed E-state index contributed by atoms with van der Waals surface area (Å²) in [6, 6.07) is 5.44. The summed E-state index contributed by atoms with van der Waals surface area (Å²) in [5.41, 5.74) is 7.25. The van der Waals surface area contributed by atoms with Crippen molar-refractivity contribution in [1.82, 2.24) is 9.59 Å². The first-order valence-electron chi connectivity index (χ1n) is 4.32. The molecule has 0 saturated carbocycles.